The molecule has 2 aromatic heterocycles. The van der Waals surface area contributed by atoms with E-state index in [0.717, 1.165) is 17.0 Å². The normalized spacial score (nSPS) is 11.5. The minimum absolute atomic E-state index is 0.147. The summed E-state index contributed by atoms with van der Waals surface area (Å²) in [6, 6.07) is 6.32. The summed E-state index contributed by atoms with van der Waals surface area (Å²) in [5.74, 6) is -1.25. The van der Waals surface area contributed by atoms with E-state index in [4.69, 9.17) is 0 Å². The number of nitrogens with zero attached hydrogens (tertiary/aromatic N) is 5. The predicted octanol–water partition coefficient (Wildman–Crippen LogP) is 3.85. The summed E-state index contributed by atoms with van der Waals surface area (Å²) in [4.78, 5) is 7.77. The summed E-state index contributed by atoms with van der Waals surface area (Å²) < 4.78 is 54.2. The second-order valence-electron chi connectivity index (χ2n) is 5.59. The Morgan fingerprint density at radius 1 is 1.15 bits per heavy atom. The van der Waals surface area contributed by atoms with Crippen LogP contribution in [-0.2, 0) is 7.05 Å². The maximum atomic E-state index is 13.9. The number of hydrogen-bond acceptors (Lipinski definition) is 5. The molecule has 3 aromatic rings. The standard InChI is InChI=1S/C17H14F4N6/c1-9-12(16(21)27(2)26-9)8-22-25-17-23-13(7-14(24-17)15(19)20)10-3-5-11(18)6-4-10/h3-8,15H,1-2H3,(H,23,24,25). The highest BCUT2D eigenvalue weighted by Crippen LogP contribution is 2.24. The molecule has 140 valence electrons. The predicted molar refractivity (Wildman–Crippen MR) is 91.5 cm³/mol. The molecule has 0 amide bonds. The lowest BCUT2D eigenvalue weighted by Gasteiger charge is -2.07. The van der Waals surface area contributed by atoms with E-state index < -0.39 is 23.9 Å². The average molecular weight is 378 g/mol. The van der Waals surface area contributed by atoms with Gasteiger partial charge in [0.1, 0.15) is 11.5 Å². The monoisotopic (exact) mass is 378 g/mol. The van der Waals surface area contributed by atoms with Gasteiger partial charge in [-0.3, -0.25) is 0 Å². The highest BCUT2D eigenvalue weighted by atomic mass is 19.3. The van der Waals surface area contributed by atoms with Gasteiger partial charge in [-0.1, -0.05) is 0 Å². The molecule has 0 spiro atoms. The number of aryl methyl sites for hydroxylation is 2. The maximum Gasteiger partial charge on any atom is 0.280 e. The van der Waals surface area contributed by atoms with Gasteiger partial charge in [0.15, 0.2) is 0 Å². The molecule has 0 saturated heterocycles. The summed E-state index contributed by atoms with van der Waals surface area (Å²) in [6.07, 6.45) is -1.68. The molecular weight excluding hydrogens is 364 g/mol. The fraction of sp³-hybridized carbons (Fsp3) is 0.176. The molecule has 1 aromatic carbocycles. The van der Waals surface area contributed by atoms with Crippen LogP contribution < -0.4 is 5.43 Å². The van der Waals surface area contributed by atoms with Crippen LogP contribution in [0.1, 0.15) is 23.4 Å². The smallest absolute Gasteiger partial charge is 0.245 e. The molecule has 1 N–H and O–H groups in total. The summed E-state index contributed by atoms with van der Waals surface area (Å²) in [6.45, 7) is 1.60. The van der Waals surface area contributed by atoms with Crippen LogP contribution in [0.15, 0.2) is 35.4 Å². The van der Waals surface area contributed by atoms with Crippen LogP contribution in [-0.4, -0.2) is 26.0 Å². The van der Waals surface area contributed by atoms with Crippen molar-refractivity contribution in [2.24, 2.45) is 12.1 Å². The molecule has 0 atom stereocenters. The number of benzene rings is 1. The van der Waals surface area contributed by atoms with Crippen LogP contribution in [0.5, 0.6) is 0 Å². The minimum Gasteiger partial charge on any atom is -0.245 e. The van der Waals surface area contributed by atoms with E-state index in [2.05, 4.69) is 25.6 Å². The van der Waals surface area contributed by atoms with Crippen molar-refractivity contribution in [3.05, 3.63) is 59.0 Å². The molecular formula is C17H14F4N6. The Balaban J connectivity index is 1.90. The van der Waals surface area contributed by atoms with Gasteiger partial charge in [0.25, 0.3) is 6.43 Å². The van der Waals surface area contributed by atoms with Crippen LogP contribution in [0.2, 0.25) is 0 Å². The van der Waals surface area contributed by atoms with Gasteiger partial charge < -0.3 is 0 Å². The zero-order valence-corrected chi connectivity index (χ0v) is 14.3. The van der Waals surface area contributed by atoms with Gasteiger partial charge >= 0.3 is 0 Å². The molecule has 27 heavy (non-hydrogen) atoms. The summed E-state index contributed by atoms with van der Waals surface area (Å²) in [5, 5.41) is 7.69. The van der Waals surface area contributed by atoms with Crippen LogP contribution >= 0.6 is 0 Å². The Morgan fingerprint density at radius 3 is 2.44 bits per heavy atom. The Hall–Kier alpha value is -3.30. The molecule has 10 heteroatoms. The highest BCUT2D eigenvalue weighted by molar-refractivity contribution is 5.81. The van der Waals surface area contributed by atoms with Crippen molar-refractivity contribution in [1.82, 2.24) is 19.7 Å². The van der Waals surface area contributed by atoms with Gasteiger partial charge in [-0.05, 0) is 37.3 Å². The topological polar surface area (TPSA) is 68.0 Å². The van der Waals surface area contributed by atoms with Crippen molar-refractivity contribution in [3.8, 4) is 11.3 Å². The van der Waals surface area contributed by atoms with Crippen molar-refractivity contribution in [2.75, 3.05) is 5.43 Å². The molecule has 0 aliphatic carbocycles. The number of halogens is 4. The first-order chi connectivity index (χ1) is 12.8. The molecule has 0 radical (unpaired) electrons. The van der Waals surface area contributed by atoms with Crippen LogP contribution in [0.4, 0.5) is 23.5 Å². The number of hydrazone groups is 1. The third kappa shape index (κ3) is 4.10. The van der Waals surface area contributed by atoms with Crippen LogP contribution in [0.25, 0.3) is 11.3 Å². The number of alkyl halides is 2. The van der Waals surface area contributed by atoms with Crippen molar-refractivity contribution < 1.29 is 17.6 Å². The molecule has 6 nitrogen and oxygen atoms in total. The Morgan fingerprint density at radius 2 is 1.85 bits per heavy atom. The minimum atomic E-state index is -2.84. The van der Waals surface area contributed by atoms with Crippen molar-refractivity contribution in [2.45, 2.75) is 13.3 Å². The first-order valence-corrected chi connectivity index (χ1v) is 7.76. The Bertz CT molecular complexity index is 982. The quantitative estimate of drug-likeness (QED) is 0.416. The van der Waals surface area contributed by atoms with E-state index in [-0.39, 0.29) is 17.2 Å². The zero-order valence-electron chi connectivity index (χ0n) is 14.3. The van der Waals surface area contributed by atoms with Crippen molar-refractivity contribution in [1.29, 1.82) is 0 Å². The average Bonchev–Trinajstić information content (AvgIpc) is 2.88. The Kier molecular flexibility index (Phi) is 5.15. The van der Waals surface area contributed by atoms with Gasteiger partial charge in [0.05, 0.1) is 23.2 Å². The highest BCUT2D eigenvalue weighted by Gasteiger charge is 2.14. The van der Waals surface area contributed by atoms with E-state index in [9.17, 15) is 17.6 Å². The summed E-state index contributed by atoms with van der Waals surface area (Å²) in [7, 11) is 1.44. The second-order valence-corrected chi connectivity index (χ2v) is 5.59. The molecule has 2 heterocycles. The fourth-order valence-electron chi connectivity index (χ4n) is 2.34. The third-order valence-electron chi connectivity index (χ3n) is 3.66. The van der Waals surface area contributed by atoms with Gasteiger partial charge in [-0.15, -0.1) is 0 Å². The second kappa shape index (κ2) is 7.52. The van der Waals surface area contributed by atoms with Crippen molar-refractivity contribution in [3.63, 3.8) is 0 Å². The summed E-state index contributed by atoms with van der Waals surface area (Å²) >= 11 is 0. The van der Waals surface area contributed by atoms with Gasteiger partial charge in [-0.2, -0.15) is 14.6 Å². The van der Waals surface area contributed by atoms with E-state index in [1.165, 1.54) is 31.3 Å². The lowest BCUT2D eigenvalue weighted by Crippen LogP contribution is -2.03. The zero-order chi connectivity index (χ0) is 19.6. The molecule has 0 saturated carbocycles. The van der Waals surface area contributed by atoms with E-state index in [1.807, 2.05) is 0 Å². The van der Waals surface area contributed by atoms with E-state index in [1.54, 1.807) is 6.92 Å². The lowest BCUT2D eigenvalue weighted by molar-refractivity contribution is 0.146. The van der Waals surface area contributed by atoms with Gasteiger partial charge in [-0.25, -0.2) is 33.2 Å². The largest absolute Gasteiger partial charge is 0.280 e. The van der Waals surface area contributed by atoms with Crippen molar-refractivity contribution >= 4 is 12.2 Å². The lowest BCUT2D eigenvalue weighted by atomic mass is 10.1. The first kappa shape index (κ1) is 18.5. The molecule has 0 aliphatic heterocycles. The SMILES string of the molecule is Cc1nn(C)c(F)c1C=NNc1nc(-c2ccc(F)cc2)cc(C(F)F)n1. The van der Waals surface area contributed by atoms with E-state index >= 15 is 0 Å². The third-order valence-corrected chi connectivity index (χ3v) is 3.66. The van der Waals surface area contributed by atoms with Crippen LogP contribution in [0, 0.1) is 18.7 Å². The molecule has 0 bridgehead atoms. The fourth-order valence-corrected chi connectivity index (χ4v) is 2.34. The Labute approximate surface area is 151 Å². The summed E-state index contributed by atoms with van der Waals surface area (Å²) in [5.41, 5.74) is 3.05. The number of nitrogens with one attached hydrogen (secondary N) is 1. The maximum absolute atomic E-state index is 13.9. The van der Waals surface area contributed by atoms with Gasteiger partial charge in [0, 0.05) is 12.6 Å². The first-order valence-electron chi connectivity index (χ1n) is 7.76. The van der Waals surface area contributed by atoms with Crippen LogP contribution in [0.3, 0.4) is 0 Å². The molecule has 0 aliphatic rings. The number of hydrogen-bond donors (Lipinski definition) is 1. The number of aromatic nitrogens is 4. The number of rotatable bonds is 5. The van der Waals surface area contributed by atoms with E-state index in [0.29, 0.717) is 11.3 Å². The molecule has 0 unspecified atom stereocenters. The molecule has 0 fully saturated rings. The molecule has 3 rings (SSSR count). The number of anilines is 1. The van der Waals surface area contributed by atoms with Gasteiger partial charge in [0.2, 0.25) is 11.9 Å².